The Hall–Kier alpha value is -2.07. The lowest BCUT2D eigenvalue weighted by Gasteiger charge is -2.09. The van der Waals surface area contributed by atoms with E-state index >= 15 is 0 Å². The van der Waals surface area contributed by atoms with Crippen molar-refractivity contribution in [2.75, 3.05) is 6.61 Å². The SMILES string of the molecule is CCOc1ccc(OCc2ccc(CN)cc2F)cc1. The number of ether oxygens (including phenoxy) is 2. The van der Waals surface area contributed by atoms with Gasteiger partial charge in [0.1, 0.15) is 23.9 Å². The van der Waals surface area contributed by atoms with Crippen LogP contribution in [0.25, 0.3) is 0 Å². The fourth-order valence-corrected chi connectivity index (χ4v) is 1.79. The van der Waals surface area contributed by atoms with Crippen molar-refractivity contribution in [2.24, 2.45) is 5.73 Å². The maximum absolute atomic E-state index is 13.7. The van der Waals surface area contributed by atoms with Crippen molar-refractivity contribution in [1.82, 2.24) is 0 Å². The van der Waals surface area contributed by atoms with Gasteiger partial charge in [-0.2, -0.15) is 0 Å². The number of hydrogen-bond acceptors (Lipinski definition) is 3. The van der Waals surface area contributed by atoms with Gasteiger partial charge in [-0.1, -0.05) is 12.1 Å². The molecule has 0 saturated carbocycles. The molecule has 0 aliphatic carbocycles. The zero-order valence-electron chi connectivity index (χ0n) is 11.4. The number of halogens is 1. The first-order chi connectivity index (χ1) is 9.72. The molecule has 0 radical (unpaired) electrons. The molecule has 0 spiro atoms. The largest absolute Gasteiger partial charge is 0.494 e. The molecule has 2 aromatic rings. The van der Waals surface area contributed by atoms with Gasteiger partial charge in [0.15, 0.2) is 0 Å². The van der Waals surface area contributed by atoms with Gasteiger partial charge in [-0.25, -0.2) is 4.39 Å². The molecule has 2 rings (SSSR count). The fraction of sp³-hybridized carbons (Fsp3) is 0.250. The van der Waals surface area contributed by atoms with Crippen LogP contribution in [0.15, 0.2) is 42.5 Å². The summed E-state index contributed by atoms with van der Waals surface area (Å²) < 4.78 is 24.6. The first kappa shape index (κ1) is 14.3. The van der Waals surface area contributed by atoms with Crippen LogP contribution < -0.4 is 15.2 Å². The van der Waals surface area contributed by atoms with Gasteiger partial charge in [-0.05, 0) is 42.8 Å². The molecule has 0 unspecified atom stereocenters. The van der Waals surface area contributed by atoms with Crippen LogP contribution in [0.1, 0.15) is 18.1 Å². The van der Waals surface area contributed by atoms with E-state index in [-0.39, 0.29) is 12.4 Å². The number of hydrogen-bond donors (Lipinski definition) is 1. The minimum absolute atomic E-state index is 0.185. The molecule has 0 aliphatic heterocycles. The molecule has 20 heavy (non-hydrogen) atoms. The van der Waals surface area contributed by atoms with Gasteiger partial charge in [0.05, 0.1) is 6.61 Å². The minimum Gasteiger partial charge on any atom is -0.494 e. The molecule has 0 aliphatic rings. The number of benzene rings is 2. The van der Waals surface area contributed by atoms with Gasteiger partial charge >= 0.3 is 0 Å². The molecule has 0 fully saturated rings. The highest BCUT2D eigenvalue weighted by molar-refractivity contribution is 5.32. The highest BCUT2D eigenvalue weighted by Gasteiger charge is 2.04. The summed E-state index contributed by atoms with van der Waals surface area (Å²) in [6, 6.07) is 12.2. The summed E-state index contributed by atoms with van der Waals surface area (Å²) >= 11 is 0. The van der Waals surface area contributed by atoms with E-state index < -0.39 is 0 Å². The highest BCUT2D eigenvalue weighted by atomic mass is 19.1. The maximum Gasteiger partial charge on any atom is 0.130 e. The van der Waals surface area contributed by atoms with Crippen LogP contribution in [0, 0.1) is 5.82 Å². The van der Waals surface area contributed by atoms with Crippen molar-refractivity contribution in [3.63, 3.8) is 0 Å². The van der Waals surface area contributed by atoms with E-state index in [4.69, 9.17) is 15.2 Å². The van der Waals surface area contributed by atoms with Crippen molar-refractivity contribution in [2.45, 2.75) is 20.1 Å². The summed E-state index contributed by atoms with van der Waals surface area (Å²) in [4.78, 5) is 0. The third-order valence-corrected chi connectivity index (χ3v) is 2.88. The van der Waals surface area contributed by atoms with Crippen LogP contribution in [0.2, 0.25) is 0 Å². The van der Waals surface area contributed by atoms with E-state index in [0.29, 0.717) is 24.5 Å². The van der Waals surface area contributed by atoms with Crippen LogP contribution >= 0.6 is 0 Å². The van der Waals surface area contributed by atoms with E-state index in [1.807, 2.05) is 19.1 Å². The second-order valence-electron chi connectivity index (χ2n) is 4.32. The molecule has 106 valence electrons. The van der Waals surface area contributed by atoms with E-state index in [9.17, 15) is 4.39 Å². The molecule has 2 N–H and O–H groups in total. The predicted molar refractivity (Wildman–Crippen MR) is 76.2 cm³/mol. The quantitative estimate of drug-likeness (QED) is 0.880. The summed E-state index contributed by atoms with van der Waals surface area (Å²) in [5, 5.41) is 0. The second kappa shape index (κ2) is 6.91. The van der Waals surface area contributed by atoms with Gasteiger partial charge in [-0.15, -0.1) is 0 Å². The predicted octanol–water partition coefficient (Wildman–Crippen LogP) is 3.26. The van der Waals surface area contributed by atoms with Crippen LogP contribution in [0.5, 0.6) is 11.5 Å². The van der Waals surface area contributed by atoms with Crippen molar-refractivity contribution in [3.8, 4) is 11.5 Å². The molecular weight excluding hydrogens is 257 g/mol. The molecule has 4 heteroatoms. The zero-order valence-corrected chi connectivity index (χ0v) is 11.4. The third-order valence-electron chi connectivity index (χ3n) is 2.88. The number of rotatable bonds is 6. The van der Waals surface area contributed by atoms with Crippen molar-refractivity contribution in [1.29, 1.82) is 0 Å². The summed E-state index contributed by atoms with van der Waals surface area (Å²) in [5.41, 5.74) is 6.74. The Morgan fingerprint density at radius 3 is 2.20 bits per heavy atom. The van der Waals surface area contributed by atoms with Crippen LogP contribution in [0.3, 0.4) is 0 Å². The van der Waals surface area contributed by atoms with Gasteiger partial charge in [0.2, 0.25) is 0 Å². The lowest BCUT2D eigenvalue weighted by Crippen LogP contribution is -2.02. The van der Waals surface area contributed by atoms with E-state index in [1.54, 1.807) is 24.3 Å². The average molecular weight is 275 g/mol. The van der Waals surface area contributed by atoms with E-state index in [1.165, 1.54) is 6.07 Å². The molecule has 0 aromatic heterocycles. The lowest BCUT2D eigenvalue weighted by atomic mass is 10.1. The maximum atomic E-state index is 13.7. The Morgan fingerprint density at radius 2 is 1.65 bits per heavy atom. The van der Waals surface area contributed by atoms with Gasteiger partial charge in [-0.3, -0.25) is 0 Å². The second-order valence-corrected chi connectivity index (χ2v) is 4.32. The van der Waals surface area contributed by atoms with Crippen LogP contribution in [-0.4, -0.2) is 6.61 Å². The minimum atomic E-state index is -0.293. The Balaban J connectivity index is 1.97. The van der Waals surface area contributed by atoms with Crippen molar-refractivity contribution >= 4 is 0 Å². The summed E-state index contributed by atoms with van der Waals surface area (Å²) in [6.45, 7) is 3.07. The molecule has 0 heterocycles. The molecule has 0 saturated heterocycles. The normalized spacial score (nSPS) is 10.3. The summed E-state index contributed by atoms with van der Waals surface area (Å²) in [5.74, 6) is 1.17. The number of nitrogens with two attached hydrogens (primary N) is 1. The molecule has 3 nitrogen and oxygen atoms in total. The first-order valence-corrected chi connectivity index (χ1v) is 6.56. The Kier molecular flexibility index (Phi) is 4.96. The summed E-state index contributed by atoms with van der Waals surface area (Å²) in [6.07, 6.45) is 0. The van der Waals surface area contributed by atoms with Gasteiger partial charge in [0.25, 0.3) is 0 Å². The Bertz CT molecular complexity index is 555. The summed E-state index contributed by atoms with van der Waals surface area (Å²) in [7, 11) is 0. The topological polar surface area (TPSA) is 44.5 Å². The molecule has 0 atom stereocenters. The monoisotopic (exact) mass is 275 g/mol. The fourth-order valence-electron chi connectivity index (χ4n) is 1.79. The third kappa shape index (κ3) is 3.71. The zero-order chi connectivity index (χ0) is 14.4. The van der Waals surface area contributed by atoms with Crippen molar-refractivity contribution < 1.29 is 13.9 Å². The average Bonchev–Trinajstić information content (AvgIpc) is 2.48. The highest BCUT2D eigenvalue weighted by Crippen LogP contribution is 2.19. The van der Waals surface area contributed by atoms with Crippen LogP contribution in [0.4, 0.5) is 4.39 Å². The van der Waals surface area contributed by atoms with E-state index in [2.05, 4.69) is 0 Å². The van der Waals surface area contributed by atoms with Crippen molar-refractivity contribution in [3.05, 3.63) is 59.4 Å². The molecule has 0 bridgehead atoms. The smallest absolute Gasteiger partial charge is 0.130 e. The lowest BCUT2D eigenvalue weighted by molar-refractivity contribution is 0.298. The molecule has 2 aromatic carbocycles. The van der Waals surface area contributed by atoms with Gasteiger partial charge in [0, 0.05) is 12.1 Å². The standard InChI is InChI=1S/C16H18FNO2/c1-2-19-14-5-7-15(8-6-14)20-11-13-4-3-12(10-18)9-16(13)17/h3-9H,2,10-11,18H2,1H3. The Labute approximate surface area is 118 Å². The first-order valence-electron chi connectivity index (χ1n) is 6.56. The van der Waals surface area contributed by atoms with Gasteiger partial charge < -0.3 is 15.2 Å². The Morgan fingerprint density at radius 1 is 1.00 bits per heavy atom. The van der Waals surface area contributed by atoms with E-state index in [0.717, 1.165) is 11.3 Å². The molecular formula is C16H18FNO2. The molecule has 0 amide bonds. The van der Waals surface area contributed by atoms with Crippen LogP contribution in [-0.2, 0) is 13.2 Å².